The molecular weight excluding hydrogens is 308 g/mol. The Labute approximate surface area is 133 Å². The lowest BCUT2D eigenvalue weighted by atomic mass is 10.2. The van der Waals surface area contributed by atoms with Gasteiger partial charge in [0.15, 0.2) is 0 Å². The average Bonchev–Trinajstić information content (AvgIpc) is 2.40. The molecule has 0 aliphatic heterocycles. The molecule has 4 N–H and O–H groups in total. The van der Waals surface area contributed by atoms with Gasteiger partial charge in [0.25, 0.3) is 0 Å². The van der Waals surface area contributed by atoms with E-state index in [4.69, 9.17) is 27.2 Å². The Kier molecular flexibility index (Phi) is 6.72. The summed E-state index contributed by atoms with van der Waals surface area (Å²) in [5.74, 6) is -1.69. The quantitative estimate of drug-likeness (QED) is 0.404. The highest BCUT2D eigenvalue weighted by molar-refractivity contribution is 6.31. The highest BCUT2D eigenvalue weighted by atomic mass is 35.5. The molecule has 0 bridgehead atoms. The van der Waals surface area contributed by atoms with Gasteiger partial charge in [-0.1, -0.05) is 18.5 Å². The summed E-state index contributed by atoms with van der Waals surface area (Å²) < 4.78 is 5.10. The average molecular weight is 327 g/mol. The molecule has 0 aromatic heterocycles. The molecule has 0 spiro atoms. The summed E-state index contributed by atoms with van der Waals surface area (Å²) in [6.45, 7) is 3.64. The summed E-state index contributed by atoms with van der Waals surface area (Å²) in [6, 6.07) is 4.74. The van der Waals surface area contributed by atoms with Crippen LogP contribution in [-0.4, -0.2) is 23.1 Å². The van der Waals surface area contributed by atoms with Crippen LogP contribution in [0.3, 0.4) is 0 Å². The van der Waals surface area contributed by atoms with Gasteiger partial charge in [-0.25, -0.2) is 4.79 Å². The Balaban J connectivity index is 2.92. The Morgan fingerprint density at radius 1 is 1.50 bits per heavy atom. The minimum atomic E-state index is -1.08. The molecule has 1 atom stereocenters. The predicted octanol–water partition coefficient (Wildman–Crippen LogP) is 3.03. The van der Waals surface area contributed by atoms with Crippen molar-refractivity contribution in [2.75, 3.05) is 11.1 Å². The maximum absolute atomic E-state index is 11.7. The number of carboxylic acid groups (broad SMARTS) is 1. The van der Waals surface area contributed by atoms with Gasteiger partial charge in [-0.05, 0) is 31.5 Å². The number of nitrogens with one attached hydrogen (secondary N) is 1. The third-order valence-electron chi connectivity index (χ3n) is 2.83. The van der Waals surface area contributed by atoms with Gasteiger partial charge in [0.1, 0.15) is 0 Å². The molecule has 6 nitrogen and oxygen atoms in total. The smallest absolute Gasteiger partial charge is 0.332 e. The number of esters is 1. The second-order valence-corrected chi connectivity index (χ2v) is 5.19. The van der Waals surface area contributed by atoms with E-state index in [0.717, 1.165) is 6.08 Å². The Hall–Kier alpha value is -2.21. The molecule has 120 valence electrons. The van der Waals surface area contributed by atoms with Gasteiger partial charge < -0.3 is 20.9 Å². The molecule has 1 unspecified atom stereocenters. The lowest BCUT2D eigenvalue weighted by Gasteiger charge is -2.13. The third kappa shape index (κ3) is 6.05. The van der Waals surface area contributed by atoms with Crippen LogP contribution in [0.15, 0.2) is 30.0 Å². The number of carbonyl (C=O) groups excluding carboxylic acids is 1. The van der Waals surface area contributed by atoms with Crippen molar-refractivity contribution in [1.29, 1.82) is 0 Å². The van der Waals surface area contributed by atoms with Crippen LogP contribution in [0.25, 0.3) is 0 Å². The van der Waals surface area contributed by atoms with Crippen molar-refractivity contribution in [1.82, 2.24) is 0 Å². The molecule has 1 rings (SSSR count). The van der Waals surface area contributed by atoms with Crippen molar-refractivity contribution < 1.29 is 19.4 Å². The number of hydrogen-bond acceptors (Lipinski definition) is 5. The first-order valence-electron chi connectivity index (χ1n) is 6.76. The summed E-state index contributed by atoms with van der Waals surface area (Å²) in [5.41, 5.74) is 6.78. The third-order valence-corrected chi connectivity index (χ3v) is 3.07. The zero-order valence-corrected chi connectivity index (χ0v) is 13.2. The van der Waals surface area contributed by atoms with Crippen molar-refractivity contribution >= 4 is 34.9 Å². The Morgan fingerprint density at radius 2 is 2.18 bits per heavy atom. The molecule has 1 aromatic rings. The predicted molar refractivity (Wildman–Crippen MR) is 85.7 cm³/mol. The van der Waals surface area contributed by atoms with E-state index in [9.17, 15) is 9.59 Å². The number of benzene rings is 1. The van der Waals surface area contributed by atoms with E-state index in [1.54, 1.807) is 19.1 Å². The van der Waals surface area contributed by atoms with Gasteiger partial charge >= 0.3 is 11.9 Å². The lowest BCUT2D eigenvalue weighted by Crippen LogP contribution is -2.15. The van der Waals surface area contributed by atoms with Crippen molar-refractivity contribution in [2.24, 2.45) is 0 Å². The zero-order chi connectivity index (χ0) is 16.7. The van der Waals surface area contributed by atoms with Crippen molar-refractivity contribution in [3.63, 3.8) is 0 Å². The van der Waals surface area contributed by atoms with Gasteiger partial charge in [-0.2, -0.15) is 0 Å². The van der Waals surface area contributed by atoms with Gasteiger partial charge in [0, 0.05) is 16.8 Å². The monoisotopic (exact) mass is 326 g/mol. The molecule has 7 heteroatoms. The van der Waals surface area contributed by atoms with Crippen LogP contribution in [0.2, 0.25) is 5.02 Å². The highest BCUT2D eigenvalue weighted by Gasteiger charge is 2.11. The maximum Gasteiger partial charge on any atom is 0.332 e. The van der Waals surface area contributed by atoms with Crippen LogP contribution < -0.4 is 11.1 Å². The van der Waals surface area contributed by atoms with E-state index in [-0.39, 0.29) is 18.2 Å². The second-order valence-electron chi connectivity index (χ2n) is 4.75. The van der Waals surface area contributed by atoms with Crippen LogP contribution in [-0.2, 0) is 14.3 Å². The molecule has 0 saturated heterocycles. The second kappa shape index (κ2) is 8.29. The van der Waals surface area contributed by atoms with Gasteiger partial charge in [-0.3, -0.25) is 4.79 Å². The Bertz CT molecular complexity index is 587. The van der Waals surface area contributed by atoms with E-state index in [1.165, 1.54) is 6.07 Å². The lowest BCUT2D eigenvalue weighted by molar-refractivity contribution is -0.142. The zero-order valence-electron chi connectivity index (χ0n) is 12.4. The summed E-state index contributed by atoms with van der Waals surface area (Å²) in [5, 5.41) is 12.2. The van der Waals surface area contributed by atoms with Crippen LogP contribution >= 0.6 is 11.6 Å². The van der Waals surface area contributed by atoms with Crippen LogP contribution in [0.4, 0.5) is 11.4 Å². The molecule has 1 aromatic carbocycles. The number of aliphatic carboxylic acids is 1. The van der Waals surface area contributed by atoms with Crippen molar-refractivity contribution in [2.45, 2.75) is 32.8 Å². The molecule has 0 amide bonds. The molecule has 0 radical (unpaired) electrons. The van der Waals surface area contributed by atoms with E-state index >= 15 is 0 Å². The normalized spacial score (nSPS) is 12.6. The molecule has 0 saturated carbocycles. The fourth-order valence-corrected chi connectivity index (χ4v) is 1.75. The minimum absolute atomic E-state index is 0.176. The number of nitrogens with two attached hydrogens (primary N) is 1. The van der Waals surface area contributed by atoms with Crippen molar-refractivity contribution in [3.8, 4) is 0 Å². The first kappa shape index (κ1) is 17.8. The number of anilines is 2. The fraction of sp³-hybridized carbons (Fsp3) is 0.333. The number of carbonyl (C=O) groups is 2. The van der Waals surface area contributed by atoms with E-state index in [0.29, 0.717) is 22.8 Å². The number of hydrogen-bond donors (Lipinski definition) is 3. The first-order chi connectivity index (χ1) is 10.3. The van der Waals surface area contributed by atoms with Crippen LogP contribution in [0.1, 0.15) is 26.7 Å². The minimum Gasteiger partial charge on any atom is -0.481 e. The highest BCUT2D eigenvalue weighted by Crippen LogP contribution is 2.24. The largest absolute Gasteiger partial charge is 0.481 e. The number of nitrogen functional groups attached to an aromatic ring is 1. The summed E-state index contributed by atoms with van der Waals surface area (Å²) in [6.07, 6.45) is 1.19. The van der Waals surface area contributed by atoms with Crippen LogP contribution in [0, 0.1) is 0 Å². The number of ether oxygens (including phenoxy) is 1. The molecule has 22 heavy (non-hydrogen) atoms. The van der Waals surface area contributed by atoms with E-state index < -0.39 is 11.9 Å². The summed E-state index contributed by atoms with van der Waals surface area (Å²) >= 11 is 5.80. The van der Waals surface area contributed by atoms with Crippen molar-refractivity contribution in [3.05, 3.63) is 35.0 Å². The number of halogens is 1. The molecule has 0 heterocycles. The maximum atomic E-state index is 11.7. The standard InChI is InChI=1S/C15H19ClN2O4/c1-3-9(2)22-15(21)8-11(7-14(19)20)18-13-5-4-10(16)6-12(13)17/h4-6,8-9,18H,3,7,17H2,1-2H3,(H,19,20). The SMILES string of the molecule is CCC(C)OC(=O)C=C(CC(=O)O)Nc1ccc(Cl)cc1N. The van der Waals surface area contributed by atoms with Gasteiger partial charge in [-0.15, -0.1) is 0 Å². The van der Waals surface area contributed by atoms with E-state index in [1.807, 2.05) is 6.92 Å². The molecule has 0 aliphatic carbocycles. The summed E-state index contributed by atoms with van der Waals surface area (Å²) in [7, 11) is 0. The van der Waals surface area contributed by atoms with Gasteiger partial charge in [0.2, 0.25) is 0 Å². The molecule has 0 aliphatic rings. The topological polar surface area (TPSA) is 102 Å². The fourth-order valence-electron chi connectivity index (χ4n) is 1.57. The van der Waals surface area contributed by atoms with E-state index in [2.05, 4.69) is 5.32 Å². The first-order valence-corrected chi connectivity index (χ1v) is 7.14. The molecular formula is C15H19ClN2O4. The van der Waals surface area contributed by atoms with Gasteiger partial charge in [0.05, 0.1) is 23.9 Å². The Morgan fingerprint density at radius 3 is 2.73 bits per heavy atom. The number of carboxylic acids is 1. The number of rotatable bonds is 7. The molecule has 0 fully saturated rings. The van der Waals surface area contributed by atoms with Crippen LogP contribution in [0.5, 0.6) is 0 Å². The summed E-state index contributed by atoms with van der Waals surface area (Å²) in [4.78, 5) is 22.7.